The van der Waals surface area contributed by atoms with E-state index in [0.29, 0.717) is 0 Å². The first-order chi connectivity index (χ1) is 11.1. The number of carboxylic acid groups (broad SMARTS) is 1. The zero-order valence-corrected chi connectivity index (χ0v) is 12.7. The van der Waals surface area contributed by atoms with Crippen LogP contribution in [0.25, 0.3) is 10.8 Å². The van der Waals surface area contributed by atoms with Crippen LogP contribution in [0.4, 0.5) is 11.4 Å². The van der Waals surface area contributed by atoms with Gasteiger partial charge in [-0.25, -0.2) is 0 Å². The van der Waals surface area contributed by atoms with Crippen LogP contribution in [0.15, 0.2) is 30.3 Å². The number of aliphatic carboxylic acids is 1. The summed E-state index contributed by atoms with van der Waals surface area (Å²) in [5, 5.41) is 13.9. The maximum absolute atomic E-state index is 12.0. The van der Waals surface area contributed by atoms with Gasteiger partial charge in [-0.15, -0.1) is 0 Å². The minimum Gasteiger partial charge on any atom is -0.481 e. The topological polar surface area (TPSA) is 69.6 Å². The summed E-state index contributed by atoms with van der Waals surface area (Å²) in [4.78, 5) is 25.2. The molecule has 2 aromatic rings. The number of carboxylic acids is 1. The summed E-state index contributed by atoms with van der Waals surface area (Å²) in [6.07, 6.45) is 2.05. The Labute approximate surface area is 133 Å². The van der Waals surface area contributed by atoms with Gasteiger partial charge in [0.1, 0.15) is 0 Å². The number of carbonyl (C=O) groups excluding carboxylic acids is 1. The van der Waals surface area contributed by atoms with Crippen molar-refractivity contribution < 1.29 is 14.7 Å². The Balaban J connectivity index is 1.65. The normalized spacial score (nSPS) is 17.6. The molecule has 2 heterocycles. The van der Waals surface area contributed by atoms with Crippen LogP contribution >= 0.6 is 0 Å². The van der Waals surface area contributed by atoms with Gasteiger partial charge in [0.05, 0.1) is 0 Å². The van der Waals surface area contributed by atoms with Crippen molar-refractivity contribution in [3.63, 3.8) is 0 Å². The van der Waals surface area contributed by atoms with Gasteiger partial charge in [-0.3, -0.25) is 9.59 Å². The molecule has 23 heavy (non-hydrogen) atoms. The molecule has 0 atom stereocenters. The molecule has 2 N–H and O–H groups in total. The Morgan fingerprint density at radius 3 is 2.74 bits per heavy atom. The lowest BCUT2D eigenvalue weighted by atomic mass is 9.92. The maximum Gasteiger partial charge on any atom is 0.303 e. The zero-order valence-electron chi connectivity index (χ0n) is 12.7. The van der Waals surface area contributed by atoms with Crippen molar-refractivity contribution >= 4 is 34.0 Å². The largest absolute Gasteiger partial charge is 0.481 e. The third-order valence-electron chi connectivity index (χ3n) is 4.93. The van der Waals surface area contributed by atoms with Gasteiger partial charge in [0.15, 0.2) is 0 Å². The molecule has 5 heteroatoms. The lowest BCUT2D eigenvalue weighted by molar-refractivity contribution is -0.138. The van der Waals surface area contributed by atoms with Gasteiger partial charge >= 0.3 is 5.97 Å². The number of piperidine rings is 1. The van der Waals surface area contributed by atoms with E-state index >= 15 is 0 Å². The first-order valence-corrected chi connectivity index (χ1v) is 7.97. The summed E-state index contributed by atoms with van der Waals surface area (Å²) in [7, 11) is 0. The second kappa shape index (κ2) is 5.26. The lowest BCUT2D eigenvalue weighted by Crippen LogP contribution is -2.34. The molecule has 118 valence electrons. The monoisotopic (exact) mass is 310 g/mol. The first kappa shape index (κ1) is 14.1. The van der Waals surface area contributed by atoms with E-state index in [0.717, 1.165) is 53.6 Å². The molecular weight excluding hydrogens is 292 g/mol. The fourth-order valence-electron chi connectivity index (χ4n) is 3.78. The fraction of sp³-hybridized carbons (Fsp3) is 0.333. The number of nitrogens with zero attached hydrogens (tertiary/aromatic N) is 1. The van der Waals surface area contributed by atoms with Crippen LogP contribution in [0.1, 0.15) is 29.6 Å². The molecule has 5 nitrogen and oxygen atoms in total. The molecule has 2 aliphatic rings. The standard InChI is InChI=1S/C18H18N2O3/c21-16(22)10-11-6-8-20(9-7-11)15-5-4-13-17-12(15)2-1-3-14(17)19-18(13)23/h1-5,11H,6-10H2,(H,19,23)(H,21,22). The van der Waals surface area contributed by atoms with Crippen molar-refractivity contribution in [2.75, 3.05) is 23.3 Å². The SMILES string of the molecule is O=C(O)CC1CCN(c2ccc3c4c(cccc24)NC3=O)CC1. The number of benzene rings is 2. The highest BCUT2D eigenvalue weighted by Gasteiger charge is 2.26. The molecule has 1 amide bonds. The number of rotatable bonds is 3. The summed E-state index contributed by atoms with van der Waals surface area (Å²) >= 11 is 0. The molecular formula is C18H18N2O3. The van der Waals surface area contributed by atoms with Crippen molar-refractivity contribution in [2.24, 2.45) is 5.92 Å². The van der Waals surface area contributed by atoms with Crippen molar-refractivity contribution in [1.29, 1.82) is 0 Å². The molecule has 2 aromatic carbocycles. The third kappa shape index (κ3) is 2.32. The quantitative estimate of drug-likeness (QED) is 0.914. The smallest absolute Gasteiger partial charge is 0.303 e. The van der Waals surface area contributed by atoms with Crippen molar-refractivity contribution in [3.05, 3.63) is 35.9 Å². The summed E-state index contributed by atoms with van der Waals surface area (Å²) in [5.74, 6) is -0.481. The maximum atomic E-state index is 12.0. The highest BCUT2D eigenvalue weighted by atomic mass is 16.4. The number of amides is 1. The van der Waals surface area contributed by atoms with E-state index in [-0.39, 0.29) is 18.2 Å². The van der Waals surface area contributed by atoms with Crippen LogP contribution in [0.2, 0.25) is 0 Å². The Bertz CT molecular complexity index is 807. The molecule has 2 aliphatic heterocycles. The van der Waals surface area contributed by atoms with Crippen LogP contribution in [-0.2, 0) is 4.79 Å². The van der Waals surface area contributed by atoms with Gasteiger partial charge in [0.25, 0.3) is 5.91 Å². The average Bonchev–Trinajstić information content (AvgIpc) is 2.86. The summed E-state index contributed by atoms with van der Waals surface area (Å²) in [5.41, 5.74) is 2.75. The molecule has 0 saturated carbocycles. The molecule has 4 rings (SSSR count). The number of nitrogens with one attached hydrogen (secondary N) is 1. The summed E-state index contributed by atoms with van der Waals surface area (Å²) < 4.78 is 0. The van der Waals surface area contributed by atoms with Crippen LogP contribution < -0.4 is 10.2 Å². The molecule has 0 radical (unpaired) electrons. The highest BCUT2D eigenvalue weighted by molar-refractivity contribution is 6.25. The number of hydrogen-bond donors (Lipinski definition) is 2. The molecule has 0 unspecified atom stereocenters. The second-order valence-corrected chi connectivity index (χ2v) is 6.34. The van der Waals surface area contributed by atoms with Crippen LogP contribution in [0.3, 0.4) is 0 Å². The molecule has 0 aromatic heterocycles. The van der Waals surface area contributed by atoms with E-state index in [1.807, 2.05) is 24.3 Å². The van der Waals surface area contributed by atoms with E-state index in [9.17, 15) is 9.59 Å². The minimum absolute atomic E-state index is 0.0390. The number of carbonyl (C=O) groups is 2. The van der Waals surface area contributed by atoms with E-state index in [2.05, 4.69) is 16.3 Å². The van der Waals surface area contributed by atoms with Crippen molar-refractivity contribution in [1.82, 2.24) is 0 Å². The second-order valence-electron chi connectivity index (χ2n) is 6.34. The summed E-state index contributed by atoms with van der Waals surface area (Å²) in [6.45, 7) is 1.72. The van der Waals surface area contributed by atoms with Gasteiger partial charge in [0, 0.05) is 47.2 Å². The van der Waals surface area contributed by atoms with Crippen LogP contribution in [0.5, 0.6) is 0 Å². The summed E-state index contributed by atoms with van der Waals surface area (Å²) in [6, 6.07) is 9.87. The van der Waals surface area contributed by atoms with Gasteiger partial charge in [-0.2, -0.15) is 0 Å². The third-order valence-corrected chi connectivity index (χ3v) is 4.93. The average molecular weight is 310 g/mol. The predicted octanol–water partition coefficient (Wildman–Crippen LogP) is 3.10. The minimum atomic E-state index is -0.710. The van der Waals surface area contributed by atoms with Crippen LogP contribution in [-0.4, -0.2) is 30.1 Å². The van der Waals surface area contributed by atoms with Gasteiger partial charge < -0.3 is 15.3 Å². The molecule has 0 spiro atoms. The molecule has 1 fully saturated rings. The van der Waals surface area contributed by atoms with E-state index < -0.39 is 5.97 Å². The van der Waals surface area contributed by atoms with E-state index in [1.54, 1.807) is 0 Å². The Hall–Kier alpha value is -2.56. The number of anilines is 2. The van der Waals surface area contributed by atoms with Crippen molar-refractivity contribution in [3.8, 4) is 0 Å². The Morgan fingerprint density at radius 2 is 2.00 bits per heavy atom. The zero-order chi connectivity index (χ0) is 16.0. The van der Waals surface area contributed by atoms with Crippen molar-refractivity contribution in [2.45, 2.75) is 19.3 Å². The molecule has 0 aliphatic carbocycles. The number of hydrogen-bond acceptors (Lipinski definition) is 3. The highest BCUT2D eigenvalue weighted by Crippen LogP contribution is 2.39. The van der Waals surface area contributed by atoms with Gasteiger partial charge in [-0.1, -0.05) is 12.1 Å². The molecule has 0 bridgehead atoms. The van der Waals surface area contributed by atoms with E-state index in [1.165, 1.54) is 0 Å². The lowest BCUT2D eigenvalue weighted by Gasteiger charge is -2.33. The predicted molar refractivity (Wildman–Crippen MR) is 89.1 cm³/mol. The Kier molecular flexibility index (Phi) is 3.22. The first-order valence-electron chi connectivity index (χ1n) is 7.97. The fourth-order valence-corrected chi connectivity index (χ4v) is 3.78. The van der Waals surface area contributed by atoms with E-state index in [4.69, 9.17) is 5.11 Å². The Morgan fingerprint density at radius 1 is 1.22 bits per heavy atom. The molecule has 1 saturated heterocycles. The van der Waals surface area contributed by atoms with Gasteiger partial charge in [0.2, 0.25) is 0 Å². The van der Waals surface area contributed by atoms with Gasteiger partial charge in [-0.05, 0) is 37.0 Å². The van der Waals surface area contributed by atoms with Crippen LogP contribution in [0, 0.1) is 5.92 Å².